The fraction of sp³-hybridized carbons (Fsp3) is 0.0714. The van der Waals surface area contributed by atoms with Gasteiger partial charge in [-0.3, -0.25) is 9.10 Å². The number of hydrogen-bond donors (Lipinski definition) is 1. The van der Waals surface area contributed by atoms with Gasteiger partial charge in [0.05, 0.1) is 21.8 Å². The number of sulfonamides is 1. The van der Waals surface area contributed by atoms with Crippen molar-refractivity contribution in [3.05, 3.63) is 115 Å². The molecule has 4 rings (SSSR count). The number of amides is 1. The molecule has 0 bridgehead atoms. The summed E-state index contributed by atoms with van der Waals surface area (Å²) in [5, 5.41) is 2.67. The van der Waals surface area contributed by atoms with Gasteiger partial charge in [0.1, 0.15) is 5.75 Å². The molecular weight excluding hydrogens is 492 g/mol. The highest BCUT2D eigenvalue weighted by Gasteiger charge is 2.22. The number of nitrogens with one attached hydrogen (secondary N) is 1. The van der Waals surface area contributed by atoms with E-state index in [9.17, 15) is 18.0 Å². The normalized spacial score (nSPS) is 10.8. The van der Waals surface area contributed by atoms with Gasteiger partial charge in [-0.2, -0.15) is 0 Å². The van der Waals surface area contributed by atoms with Crippen molar-refractivity contribution >= 4 is 33.3 Å². The monoisotopic (exact) mass is 516 g/mol. The molecule has 1 amide bonds. The molecule has 0 unspecified atom stereocenters. The van der Waals surface area contributed by atoms with Gasteiger partial charge in [0.15, 0.2) is 12.4 Å². The Labute approximate surface area is 215 Å². The van der Waals surface area contributed by atoms with Crippen LogP contribution in [0.25, 0.3) is 0 Å². The second kappa shape index (κ2) is 11.4. The van der Waals surface area contributed by atoms with Crippen LogP contribution in [-0.2, 0) is 19.6 Å². The van der Waals surface area contributed by atoms with Crippen LogP contribution in [0.1, 0.15) is 10.4 Å². The first-order valence-corrected chi connectivity index (χ1v) is 12.7. The summed E-state index contributed by atoms with van der Waals surface area (Å²) in [6.07, 6.45) is 0. The number of hydrogen-bond acceptors (Lipinski definition) is 6. The SMILES string of the molecule is CN(c1ccccc1)S(=O)(=O)c1ccc(C(=O)OCC(=O)Nc2ccccc2Oc2ccccc2)cc1. The summed E-state index contributed by atoms with van der Waals surface area (Å²) in [6, 6.07) is 30.0. The smallest absolute Gasteiger partial charge is 0.338 e. The molecule has 37 heavy (non-hydrogen) atoms. The van der Waals surface area contributed by atoms with Crippen LogP contribution >= 0.6 is 0 Å². The second-order valence-electron chi connectivity index (χ2n) is 7.87. The van der Waals surface area contributed by atoms with E-state index < -0.39 is 28.5 Å². The maximum Gasteiger partial charge on any atom is 0.338 e. The van der Waals surface area contributed by atoms with Crippen molar-refractivity contribution in [1.82, 2.24) is 0 Å². The molecular formula is C28H24N2O6S. The number of rotatable bonds is 9. The van der Waals surface area contributed by atoms with Crippen molar-refractivity contribution in [3.8, 4) is 11.5 Å². The molecule has 0 aliphatic rings. The molecule has 0 fully saturated rings. The molecule has 9 heteroatoms. The molecule has 188 valence electrons. The summed E-state index contributed by atoms with van der Waals surface area (Å²) in [7, 11) is -2.36. The van der Waals surface area contributed by atoms with E-state index >= 15 is 0 Å². The average Bonchev–Trinajstić information content (AvgIpc) is 2.93. The first-order valence-electron chi connectivity index (χ1n) is 11.3. The Kier molecular flexibility index (Phi) is 7.85. The van der Waals surface area contributed by atoms with Crippen molar-refractivity contribution < 1.29 is 27.5 Å². The van der Waals surface area contributed by atoms with Crippen molar-refractivity contribution in [2.75, 3.05) is 23.3 Å². The van der Waals surface area contributed by atoms with Crippen LogP contribution in [0.5, 0.6) is 11.5 Å². The predicted octanol–water partition coefficient (Wildman–Crippen LogP) is 5.10. The lowest BCUT2D eigenvalue weighted by molar-refractivity contribution is -0.119. The lowest BCUT2D eigenvalue weighted by Gasteiger charge is -2.19. The zero-order valence-corrected chi connectivity index (χ0v) is 20.7. The predicted molar refractivity (Wildman–Crippen MR) is 140 cm³/mol. The maximum atomic E-state index is 12.9. The molecule has 1 N–H and O–H groups in total. The van der Waals surface area contributed by atoms with Crippen LogP contribution in [0.4, 0.5) is 11.4 Å². The molecule has 0 spiro atoms. The van der Waals surface area contributed by atoms with E-state index in [-0.39, 0.29) is 10.5 Å². The summed E-state index contributed by atoms with van der Waals surface area (Å²) in [5.41, 5.74) is 1.04. The highest BCUT2D eigenvalue weighted by molar-refractivity contribution is 7.92. The van der Waals surface area contributed by atoms with E-state index in [1.807, 2.05) is 18.2 Å². The topological polar surface area (TPSA) is 102 Å². The Bertz CT molecular complexity index is 1470. The number of para-hydroxylation sites is 4. The quantitative estimate of drug-likeness (QED) is 0.311. The maximum absolute atomic E-state index is 12.9. The number of esters is 1. The third kappa shape index (κ3) is 6.33. The minimum atomic E-state index is -3.82. The largest absolute Gasteiger partial charge is 0.455 e. The van der Waals surface area contributed by atoms with Gasteiger partial charge in [-0.1, -0.05) is 48.5 Å². The molecule has 0 aromatic heterocycles. The number of carbonyl (C=O) groups excluding carboxylic acids is 2. The average molecular weight is 517 g/mol. The number of carbonyl (C=O) groups is 2. The molecule has 0 atom stereocenters. The number of anilines is 2. The Morgan fingerprint density at radius 3 is 2.05 bits per heavy atom. The Balaban J connectivity index is 1.35. The van der Waals surface area contributed by atoms with Crippen LogP contribution in [-0.4, -0.2) is 33.9 Å². The van der Waals surface area contributed by atoms with Gasteiger partial charge in [-0.25, -0.2) is 13.2 Å². The first-order chi connectivity index (χ1) is 17.8. The first kappa shape index (κ1) is 25.5. The Morgan fingerprint density at radius 1 is 0.784 bits per heavy atom. The van der Waals surface area contributed by atoms with Gasteiger partial charge < -0.3 is 14.8 Å². The third-order valence-corrected chi connectivity index (χ3v) is 7.13. The Morgan fingerprint density at radius 2 is 1.38 bits per heavy atom. The van der Waals surface area contributed by atoms with Gasteiger partial charge in [0.2, 0.25) is 0 Å². The fourth-order valence-electron chi connectivity index (χ4n) is 3.37. The minimum absolute atomic E-state index is 0.0168. The molecule has 0 saturated heterocycles. The lowest BCUT2D eigenvalue weighted by Crippen LogP contribution is -2.26. The van der Waals surface area contributed by atoms with Crippen LogP contribution in [0, 0.1) is 0 Å². The zero-order valence-electron chi connectivity index (χ0n) is 19.9. The van der Waals surface area contributed by atoms with E-state index in [0.717, 1.165) is 4.31 Å². The third-order valence-electron chi connectivity index (χ3n) is 5.33. The van der Waals surface area contributed by atoms with E-state index in [1.165, 1.54) is 31.3 Å². The van der Waals surface area contributed by atoms with Crippen molar-refractivity contribution in [2.24, 2.45) is 0 Å². The fourth-order valence-corrected chi connectivity index (χ4v) is 4.57. The van der Waals surface area contributed by atoms with Crippen LogP contribution in [0.15, 0.2) is 114 Å². The molecule has 0 aliphatic heterocycles. The van der Waals surface area contributed by atoms with Gasteiger partial charge in [0, 0.05) is 7.05 Å². The molecule has 0 aliphatic carbocycles. The number of benzene rings is 4. The van der Waals surface area contributed by atoms with Gasteiger partial charge in [-0.05, 0) is 60.7 Å². The Hall–Kier alpha value is -4.63. The molecule has 0 saturated carbocycles. The van der Waals surface area contributed by atoms with E-state index in [4.69, 9.17) is 9.47 Å². The van der Waals surface area contributed by atoms with Gasteiger partial charge in [-0.15, -0.1) is 0 Å². The lowest BCUT2D eigenvalue weighted by atomic mass is 10.2. The van der Waals surface area contributed by atoms with E-state index in [1.54, 1.807) is 66.7 Å². The van der Waals surface area contributed by atoms with Crippen LogP contribution < -0.4 is 14.4 Å². The molecule has 8 nitrogen and oxygen atoms in total. The van der Waals surface area contributed by atoms with Gasteiger partial charge >= 0.3 is 5.97 Å². The highest BCUT2D eigenvalue weighted by atomic mass is 32.2. The summed E-state index contributed by atoms with van der Waals surface area (Å²) in [5.74, 6) is -0.271. The summed E-state index contributed by atoms with van der Waals surface area (Å²) in [4.78, 5) is 24.9. The number of ether oxygens (including phenoxy) is 2. The number of nitrogens with zero attached hydrogens (tertiary/aromatic N) is 1. The van der Waals surface area contributed by atoms with E-state index in [2.05, 4.69) is 5.32 Å². The standard InChI is InChI=1S/C28H24N2O6S/c1-30(22-10-4-2-5-11-22)37(33,34)24-18-16-21(17-19-24)28(32)35-20-27(31)29-25-14-8-9-15-26(25)36-23-12-6-3-7-13-23/h2-19H,20H2,1H3,(H,29,31). The summed E-state index contributed by atoms with van der Waals surface area (Å²) < 4.78 is 37.9. The summed E-state index contributed by atoms with van der Waals surface area (Å²) in [6.45, 7) is -0.532. The molecule has 4 aromatic carbocycles. The zero-order chi connectivity index (χ0) is 26.3. The molecule has 0 radical (unpaired) electrons. The van der Waals surface area contributed by atoms with Crippen LogP contribution in [0.3, 0.4) is 0 Å². The van der Waals surface area contributed by atoms with Gasteiger partial charge in [0.25, 0.3) is 15.9 Å². The second-order valence-corrected chi connectivity index (χ2v) is 9.84. The van der Waals surface area contributed by atoms with Crippen LogP contribution in [0.2, 0.25) is 0 Å². The van der Waals surface area contributed by atoms with E-state index in [0.29, 0.717) is 22.9 Å². The van der Waals surface area contributed by atoms with Crippen molar-refractivity contribution in [2.45, 2.75) is 4.90 Å². The highest BCUT2D eigenvalue weighted by Crippen LogP contribution is 2.29. The molecule has 0 heterocycles. The van der Waals surface area contributed by atoms with Crippen molar-refractivity contribution in [3.63, 3.8) is 0 Å². The minimum Gasteiger partial charge on any atom is -0.455 e. The molecule has 4 aromatic rings. The summed E-state index contributed by atoms with van der Waals surface area (Å²) >= 11 is 0. The van der Waals surface area contributed by atoms with Crippen molar-refractivity contribution in [1.29, 1.82) is 0 Å².